The van der Waals surface area contributed by atoms with Crippen LogP contribution in [0.1, 0.15) is 44.0 Å². The maximum atomic E-state index is 10.3. The molecule has 0 spiro atoms. The van der Waals surface area contributed by atoms with Gasteiger partial charge in [0.05, 0.1) is 11.8 Å². The van der Waals surface area contributed by atoms with E-state index in [9.17, 15) is 5.11 Å². The van der Waals surface area contributed by atoms with Gasteiger partial charge in [-0.15, -0.1) is 0 Å². The van der Waals surface area contributed by atoms with E-state index >= 15 is 0 Å². The minimum Gasteiger partial charge on any atom is -0.392 e. The summed E-state index contributed by atoms with van der Waals surface area (Å²) in [4.78, 5) is 0. The van der Waals surface area contributed by atoms with E-state index in [0.717, 1.165) is 23.7 Å². The highest BCUT2D eigenvalue weighted by Gasteiger charge is 2.26. The predicted octanol–water partition coefficient (Wildman–Crippen LogP) is 2.46. The number of aryl methyl sites for hydroxylation is 2. The van der Waals surface area contributed by atoms with E-state index in [0.29, 0.717) is 5.92 Å². The highest BCUT2D eigenvalue weighted by Crippen LogP contribution is 2.31. The number of hydrogen-bond donors (Lipinski definition) is 1. The fourth-order valence-electron chi connectivity index (χ4n) is 3.07. The lowest BCUT2D eigenvalue weighted by Crippen LogP contribution is -2.28. The maximum absolute atomic E-state index is 10.3. The zero-order valence-electron chi connectivity index (χ0n) is 11.2. The van der Waals surface area contributed by atoms with Gasteiger partial charge in [0.15, 0.2) is 0 Å². The molecule has 17 heavy (non-hydrogen) atoms. The van der Waals surface area contributed by atoms with E-state index in [4.69, 9.17) is 0 Å². The van der Waals surface area contributed by atoms with E-state index in [-0.39, 0.29) is 6.10 Å². The zero-order chi connectivity index (χ0) is 12.4. The summed E-state index contributed by atoms with van der Waals surface area (Å²) >= 11 is 0. The van der Waals surface area contributed by atoms with Gasteiger partial charge in [-0.3, -0.25) is 4.68 Å². The van der Waals surface area contributed by atoms with Crippen LogP contribution in [0.15, 0.2) is 6.07 Å². The first-order chi connectivity index (χ1) is 8.06. The van der Waals surface area contributed by atoms with Crippen LogP contribution in [-0.2, 0) is 13.5 Å². The molecule has 3 heteroatoms. The summed E-state index contributed by atoms with van der Waals surface area (Å²) in [5, 5.41) is 14.7. The summed E-state index contributed by atoms with van der Waals surface area (Å²) in [6.07, 6.45) is 5.50. The van der Waals surface area contributed by atoms with Crippen molar-refractivity contribution in [3.05, 3.63) is 17.5 Å². The first-order valence-electron chi connectivity index (χ1n) is 6.74. The molecule has 1 fully saturated rings. The average molecular weight is 236 g/mol. The molecule has 1 N–H and O–H groups in total. The van der Waals surface area contributed by atoms with Crippen molar-refractivity contribution < 1.29 is 5.11 Å². The second-order valence-electron chi connectivity index (χ2n) is 5.70. The Morgan fingerprint density at radius 3 is 2.88 bits per heavy atom. The molecular formula is C14H24N2O. The molecule has 1 heterocycles. The zero-order valence-corrected chi connectivity index (χ0v) is 11.2. The molecule has 3 unspecified atom stereocenters. The van der Waals surface area contributed by atoms with Crippen LogP contribution in [0.4, 0.5) is 0 Å². The third kappa shape index (κ3) is 3.09. The number of hydrogen-bond acceptors (Lipinski definition) is 2. The lowest BCUT2D eigenvalue weighted by atomic mass is 9.78. The van der Waals surface area contributed by atoms with Crippen molar-refractivity contribution in [2.24, 2.45) is 18.9 Å². The van der Waals surface area contributed by atoms with E-state index in [2.05, 4.69) is 18.1 Å². The Morgan fingerprint density at radius 1 is 1.53 bits per heavy atom. The molecule has 0 saturated heterocycles. The second kappa shape index (κ2) is 5.21. The normalized spacial score (nSPS) is 27.1. The smallest absolute Gasteiger partial charge is 0.0623 e. The van der Waals surface area contributed by atoms with Crippen LogP contribution in [0, 0.1) is 18.8 Å². The minimum atomic E-state index is -0.201. The Hall–Kier alpha value is -0.830. The second-order valence-corrected chi connectivity index (χ2v) is 5.70. The number of aliphatic hydroxyl groups is 1. The third-order valence-corrected chi connectivity index (χ3v) is 4.04. The molecule has 1 saturated carbocycles. The van der Waals surface area contributed by atoms with Gasteiger partial charge in [0.25, 0.3) is 0 Å². The molecule has 0 aliphatic heterocycles. The Bertz CT molecular complexity index is 372. The summed E-state index contributed by atoms with van der Waals surface area (Å²) in [6.45, 7) is 4.30. The molecule has 0 radical (unpaired) electrons. The van der Waals surface area contributed by atoms with Crippen molar-refractivity contribution in [1.82, 2.24) is 9.78 Å². The fourth-order valence-corrected chi connectivity index (χ4v) is 3.07. The molecule has 1 aliphatic rings. The molecular weight excluding hydrogens is 212 g/mol. The number of aromatic nitrogens is 2. The lowest BCUT2D eigenvalue weighted by Gasteiger charge is -2.30. The molecule has 0 aromatic carbocycles. The van der Waals surface area contributed by atoms with Gasteiger partial charge in [-0.2, -0.15) is 5.10 Å². The molecule has 1 aliphatic carbocycles. The van der Waals surface area contributed by atoms with Gasteiger partial charge in [-0.05, 0) is 37.7 Å². The van der Waals surface area contributed by atoms with E-state index < -0.39 is 0 Å². The van der Waals surface area contributed by atoms with Crippen molar-refractivity contribution in [3.63, 3.8) is 0 Å². The molecule has 3 nitrogen and oxygen atoms in total. The van der Waals surface area contributed by atoms with Gasteiger partial charge in [-0.1, -0.05) is 19.8 Å². The van der Waals surface area contributed by atoms with Crippen molar-refractivity contribution in [2.45, 2.75) is 52.1 Å². The highest BCUT2D eigenvalue weighted by atomic mass is 16.3. The number of aliphatic hydroxyl groups excluding tert-OH is 1. The highest BCUT2D eigenvalue weighted by molar-refractivity contribution is 5.09. The number of rotatable bonds is 3. The van der Waals surface area contributed by atoms with Gasteiger partial charge >= 0.3 is 0 Å². The van der Waals surface area contributed by atoms with Crippen LogP contribution >= 0.6 is 0 Å². The summed E-state index contributed by atoms with van der Waals surface area (Å²) < 4.78 is 1.89. The van der Waals surface area contributed by atoms with Gasteiger partial charge in [0.2, 0.25) is 0 Å². The fraction of sp³-hybridized carbons (Fsp3) is 0.786. The van der Waals surface area contributed by atoms with Crippen LogP contribution in [0.3, 0.4) is 0 Å². The minimum absolute atomic E-state index is 0.201. The van der Waals surface area contributed by atoms with Crippen LogP contribution in [0.25, 0.3) is 0 Å². The van der Waals surface area contributed by atoms with Crippen LogP contribution in [-0.4, -0.2) is 21.0 Å². The van der Waals surface area contributed by atoms with Crippen molar-refractivity contribution in [2.75, 3.05) is 0 Å². The van der Waals surface area contributed by atoms with Crippen molar-refractivity contribution >= 4 is 0 Å². The van der Waals surface area contributed by atoms with Gasteiger partial charge < -0.3 is 5.11 Å². The molecule has 3 atom stereocenters. The summed E-state index contributed by atoms with van der Waals surface area (Å²) in [5.74, 6) is 1.26. The van der Waals surface area contributed by atoms with Gasteiger partial charge in [-0.25, -0.2) is 0 Å². The monoisotopic (exact) mass is 236 g/mol. The molecule has 0 bridgehead atoms. The van der Waals surface area contributed by atoms with E-state index in [1.165, 1.54) is 25.7 Å². The summed E-state index contributed by atoms with van der Waals surface area (Å²) in [6, 6.07) is 2.08. The first kappa shape index (κ1) is 12.6. The Kier molecular flexibility index (Phi) is 3.87. The lowest BCUT2D eigenvalue weighted by molar-refractivity contribution is 0.0705. The van der Waals surface area contributed by atoms with Crippen LogP contribution < -0.4 is 0 Å². The maximum Gasteiger partial charge on any atom is 0.0623 e. The van der Waals surface area contributed by atoms with Crippen LogP contribution in [0.2, 0.25) is 0 Å². The van der Waals surface area contributed by atoms with E-state index in [1.54, 1.807) is 0 Å². The van der Waals surface area contributed by atoms with Gasteiger partial charge in [0.1, 0.15) is 0 Å². The Labute approximate surface area is 104 Å². The van der Waals surface area contributed by atoms with Crippen LogP contribution in [0.5, 0.6) is 0 Å². The quantitative estimate of drug-likeness (QED) is 0.875. The van der Waals surface area contributed by atoms with E-state index in [1.807, 2.05) is 18.7 Å². The number of nitrogens with zero attached hydrogens (tertiary/aromatic N) is 2. The standard InChI is InChI=1S/C14H24N2O/c1-10-5-4-6-12(7-10)14(17)9-13-8-11(2)15-16(13)3/h8,10,12,14,17H,4-7,9H2,1-3H3. The van der Waals surface area contributed by atoms with Gasteiger partial charge in [0, 0.05) is 19.2 Å². The topological polar surface area (TPSA) is 38.0 Å². The molecule has 1 aromatic heterocycles. The Morgan fingerprint density at radius 2 is 2.29 bits per heavy atom. The van der Waals surface area contributed by atoms with Crippen molar-refractivity contribution in [3.8, 4) is 0 Å². The molecule has 0 amide bonds. The predicted molar refractivity (Wildman–Crippen MR) is 68.8 cm³/mol. The first-order valence-corrected chi connectivity index (χ1v) is 6.74. The SMILES string of the molecule is Cc1cc(CC(O)C2CCCC(C)C2)n(C)n1. The summed E-state index contributed by atoms with van der Waals surface area (Å²) in [7, 11) is 1.96. The molecule has 96 valence electrons. The molecule has 2 rings (SSSR count). The average Bonchev–Trinajstić information content (AvgIpc) is 2.57. The Balaban J connectivity index is 1.96. The van der Waals surface area contributed by atoms with Crippen molar-refractivity contribution in [1.29, 1.82) is 0 Å². The largest absolute Gasteiger partial charge is 0.392 e. The molecule has 1 aromatic rings. The third-order valence-electron chi connectivity index (χ3n) is 4.04. The summed E-state index contributed by atoms with van der Waals surface area (Å²) in [5.41, 5.74) is 2.18.